The maximum Gasteiger partial charge on any atom is 0.416 e. The molecule has 1 aromatic heterocycles. The number of aromatic nitrogens is 2. The molecule has 0 saturated carbocycles. The number of nitrogens with one attached hydrogen (secondary N) is 1. The molecule has 0 aliphatic heterocycles. The van der Waals surface area contributed by atoms with Gasteiger partial charge in [0.05, 0.1) is 22.2 Å². The normalized spacial score (nSPS) is 12.4. The molecule has 0 radical (unpaired) electrons. The number of esters is 1. The fourth-order valence-electron chi connectivity index (χ4n) is 2.41. The summed E-state index contributed by atoms with van der Waals surface area (Å²) in [4.78, 5) is 19.0. The molecule has 9 heteroatoms. The van der Waals surface area contributed by atoms with Crippen molar-refractivity contribution in [1.82, 2.24) is 9.97 Å². The Balaban J connectivity index is 1.74. The van der Waals surface area contributed by atoms with Crippen LogP contribution in [0.5, 0.6) is 0 Å². The Bertz CT molecular complexity index is 1060. The first kappa shape index (κ1) is 19.0. The van der Waals surface area contributed by atoms with Gasteiger partial charge < -0.3 is 14.8 Å². The van der Waals surface area contributed by atoms with Gasteiger partial charge in [0, 0.05) is 0 Å². The highest BCUT2D eigenvalue weighted by molar-refractivity contribution is 5.89. The number of fused-ring (bicyclic) bond motifs is 1. The van der Waals surface area contributed by atoms with E-state index in [1.165, 1.54) is 0 Å². The number of hydrogen-bond donors (Lipinski definition) is 2. The first-order chi connectivity index (χ1) is 13.3. The average Bonchev–Trinajstić information content (AvgIpc) is 3.09. The molecule has 0 fully saturated rings. The molecule has 2 aromatic carbocycles. The summed E-state index contributed by atoms with van der Waals surface area (Å²) in [5.41, 5.74) is 0.00232. The van der Waals surface area contributed by atoms with E-state index in [2.05, 4.69) is 9.97 Å². The number of para-hydroxylation sites is 2. The molecule has 0 aliphatic carbocycles. The Labute approximate surface area is 156 Å². The zero-order valence-electron chi connectivity index (χ0n) is 14.1. The lowest BCUT2D eigenvalue weighted by molar-refractivity contribution is -0.137. The predicted molar refractivity (Wildman–Crippen MR) is 93.0 cm³/mol. The topological polar surface area (TPSA) is 99.0 Å². The van der Waals surface area contributed by atoms with Crippen molar-refractivity contribution >= 4 is 22.6 Å². The number of alkyl halides is 3. The number of imidazole rings is 1. The number of halogens is 3. The monoisotopic (exact) mass is 387 g/mol. The van der Waals surface area contributed by atoms with E-state index in [4.69, 9.17) is 4.74 Å². The van der Waals surface area contributed by atoms with Crippen molar-refractivity contribution in [2.45, 2.75) is 6.18 Å². The highest BCUT2D eigenvalue weighted by Gasteiger charge is 2.30. The number of aliphatic hydroxyl groups excluding tert-OH is 1. The van der Waals surface area contributed by atoms with Crippen LogP contribution in [0.3, 0.4) is 0 Å². The average molecular weight is 387 g/mol. The molecular formula is C19H12F3N3O3. The van der Waals surface area contributed by atoms with Crippen molar-refractivity contribution in [2.75, 3.05) is 6.61 Å². The zero-order chi connectivity index (χ0) is 20.3. The lowest BCUT2D eigenvalue weighted by Crippen LogP contribution is -2.10. The number of hydrogen-bond acceptors (Lipinski definition) is 5. The summed E-state index contributed by atoms with van der Waals surface area (Å²) in [5, 5.41) is 19.4. The molecular weight excluding hydrogens is 375 g/mol. The van der Waals surface area contributed by atoms with Crippen LogP contribution < -0.4 is 0 Å². The van der Waals surface area contributed by atoms with Gasteiger partial charge >= 0.3 is 12.1 Å². The minimum Gasteiger partial charge on any atom is -0.507 e. The fourth-order valence-corrected chi connectivity index (χ4v) is 2.41. The molecule has 142 valence electrons. The summed E-state index contributed by atoms with van der Waals surface area (Å²) < 4.78 is 42.5. The molecule has 6 nitrogen and oxygen atoms in total. The number of carbonyl (C=O) groups is 1. The van der Waals surface area contributed by atoms with E-state index in [0.717, 1.165) is 24.3 Å². The van der Waals surface area contributed by atoms with Gasteiger partial charge in [0.2, 0.25) is 0 Å². The number of ether oxygens (including phenoxy) is 1. The van der Waals surface area contributed by atoms with Crippen LogP contribution in [-0.4, -0.2) is 27.7 Å². The van der Waals surface area contributed by atoms with Gasteiger partial charge in [-0.3, -0.25) is 0 Å². The number of nitrogens with zero attached hydrogens (tertiary/aromatic N) is 2. The first-order valence-electron chi connectivity index (χ1n) is 7.91. The Kier molecular flexibility index (Phi) is 5.04. The van der Waals surface area contributed by atoms with Gasteiger partial charge in [0.25, 0.3) is 0 Å². The Morgan fingerprint density at radius 1 is 1.18 bits per heavy atom. The Morgan fingerprint density at radius 3 is 2.46 bits per heavy atom. The second-order valence-electron chi connectivity index (χ2n) is 5.69. The molecule has 28 heavy (non-hydrogen) atoms. The molecule has 0 amide bonds. The number of carbonyl (C=O) groups excluding carboxylic acids is 1. The van der Waals surface area contributed by atoms with Gasteiger partial charge in [-0.05, 0) is 36.4 Å². The number of aromatic amines is 1. The van der Waals surface area contributed by atoms with E-state index < -0.39 is 30.1 Å². The zero-order valence-corrected chi connectivity index (χ0v) is 14.1. The second-order valence-corrected chi connectivity index (χ2v) is 5.69. The van der Waals surface area contributed by atoms with Crippen LogP contribution >= 0.6 is 0 Å². The number of allylic oxidation sites excluding steroid dienone is 1. The Morgan fingerprint density at radius 2 is 1.86 bits per heavy atom. The summed E-state index contributed by atoms with van der Waals surface area (Å²) in [5.74, 6) is -1.38. The quantitative estimate of drug-likeness (QED) is 0.397. The van der Waals surface area contributed by atoms with Crippen LogP contribution in [0.15, 0.2) is 54.3 Å². The maximum absolute atomic E-state index is 12.5. The summed E-state index contributed by atoms with van der Waals surface area (Å²) in [6, 6.07) is 12.2. The van der Waals surface area contributed by atoms with Gasteiger partial charge in [0.15, 0.2) is 11.6 Å². The minimum atomic E-state index is -4.52. The van der Waals surface area contributed by atoms with Crippen molar-refractivity contribution in [2.24, 2.45) is 0 Å². The summed E-state index contributed by atoms with van der Waals surface area (Å²) in [6.07, 6.45) is -4.52. The van der Waals surface area contributed by atoms with Gasteiger partial charge in [-0.1, -0.05) is 12.1 Å². The van der Waals surface area contributed by atoms with E-state index in [9.17, 15) is 28.3 Å². The van der Waals surface area contributed by atoms with Crippen molar-refractivity contribution in [3.63, 3.8) is 0 Å². The molecule has 1 heterocycles. The first-order valence-corrected chi connectivity index (χ1v) is 7.91. The molecule has 3 aromatic rings. The summed E-state index contributed by atoms with van der Waals surface area (Å²) >= 11 is 0. The van der Waals surface area contributed by atoms with Crippen LogP contribution in [-0.2, 0) is 10.9 Å². The van der Waals surface area contributed by atoms with E-state index in [1.54, 1.807) is 30.3 Å². The number of aliphatic hydroxyl groups is 1. The van der Waals surface area contributed by atoms with Crippen LogP contribution in [0, 0.1) is 11.3 Å². The lowest BCUT2D eigenvalue weighted by Gasteiger charge is -2.08. The van der Waals surface area contributed by atoms with Crippen molar-refractivity contribution < 1.29 is 27.8 Å². The van der Waals surface area contributed by atoms with Crippen molar-refractivity contribution in [3.05, 3.63) is 71.2 Å². The molecule has 2 N–H and O–H groups in total. The molecule has 0 unspecified atom stereocenters. The minimum absolute atomic E-state index is 0.103. The molecule has 3 rings (SSSR count). The second kappa shape index (κ2) is 7.44. The summed E-state index contributed by atoms with van der Waals surface area (Å²) in [7, 11) is 0. The number of H-pyrrole nitrogens is 1. The van der Waals surface area contributed by atoms with Gasteiger partial charge in [-0.2, -0.15) is 18.4 Å². The van der Waals surface area contributed by atoms with Crippen LogP contribution in [0.4, 0.5) is 13.2 Å². The van der Waals surface area contributed by atoms with Crippen LogP contribution in [0.25, 0.3) is 16.6 Å². The fraction of sp³-hybridized carbons (Fsp3) is 0.105. The third kappa shape index (κ3) is 3.96. The third-order valence-corrected chi connectivity index (χ3v) is 3.81. The lowest BCUT2D eigenvalue weighted by atomic mass is 10.1. The molecule has 0 aliphatic rings. The van der Waals surface area contributed by atoms with Gasteiger partial charge in [-0.25, -0.2) is 9.78 Å². The van der Waals surface area contributed by atoms with Gasteiger partial charge in [0.1, 0.15) is 18.2 Å². The van der Waals surface area contributed by atoms with Crippen LogP contribution in [0.1, 0.15) is 21.7 Å². The molecule has 0 bridgehead atoms. The van der Waals surface area contributed by atoms with Crippen molar-refractivity contribution in [3.8, 4) is 6.07 Å². The number of rotatable bonds is 4. The standard InChI is InChI=1S/C19H12F3N3O3/c20-19(21,22)12-7-5-11(6-8-12)18(27)28-10-16(26)13(9-23)17-24-14-3-1-2-4-15(14)25-17/h1-8,26H,10H2,(H,24,25)/b16-13-. The van der Waals surface area contributed by atoms with E-state index in [-0.39, 0.29) is 17.0 Å². The highest BCUT2D eigenvalue weighted by atomic mass is 19.4. The van der Waals surface area contributed by atoms with E-state index >= 15 is 0 Å². The largest absolute Gasteiger partial charge is 0.507 e. The summed E-state index contributed by atoms with van der Waals surface area (Å²) in [6.45, 7) is -0.639. The molecule has 0 atom stereocenters. The van der Waals surface area contributed by atoms with Gasteiger partial charge in [-0.15, -0.1) is 0 Å². The SMILES string of the molecule is N#C/C(=C(/O)COC(=O)c1ccc(C(F)(F)F)cc1)c1nc2ccccc2[nH]1. The smallest absolute Gasteiger partial charge is 0.416 e. The number of benzene rings is 2. The van der Waals surface area contributed by atoms with E-state index in [1.807, 2.05) is 0 Å². The van der Waals surface area contributed by atoms with Crippen LogP contribution in [0.2, 0.25) is 0 Å². The Hall–Kier alpha value is -3.80. The van der Waals surface area contributed by atoms with Crippen molar-refractivity contribution in [1.29, 1.82) is 5.26 Å². The highest BCUT2D eigenvalue weighted by Crippen LogP contribution is 2.29. The third-order valence-electron chi connectivity index (χ3n) is 3.81. The predicted octanol–water partition coefficient (Wildman–Crippen LogP) is 4.23. The maximum atomic E-state index is 12.5. The number of nitriles is 1. The molecule has 0 spiro atoms. The molecule has 0 saturated heterocycles. The van der Waals surface area contributed by atoms with E-state index in [0.29, 0.717) is 11.0 Å².